The minimum absolute atomic E-state index is 0.0338. The number of hydrogen-bond donors (Lipinski definition) is 6. The molecule has 0 aliphatic heterocycles. The Morgan fingerprint density at radius 2 is 1.32 bits per heavy atom. The van der Waals surface area contributed by atoms with Crippen molar-refractivity contribution in [3.63, 3.8) is 0 Å². The Morgan fingerprint density at radius 3 is 1.94 bits per heavy atom. The first kappa shape index (κ1) is 34.2. The number of nitrogens with one attached hydrogen (secondary N) is 6. The van der Waals surface area contributed by atoms with Crippen LogP contribution < -0.4 is 31.5 Å². The lowest BCUT2D eigenvalue weighted by Gasteiger charge is -2.09. The van der Waals surface area contributed by atoms with E-state index in [1.807, 2.05) is 0 Å². The van der Waals surface area contributed by atoms with E-state index >= 15 is 0 Å². The fourth-order valence-electron chi connectivity index (χ4n) is 4.73. The van der Waals surface area contributed by atoms with Crippen LogP contribution >= 0.6 is 0 Å². The second-order valence-electron chi connectivity index (χ2n) is 11.4. The van der Waals surface area contributed by atoms with E-state index in [1.54, 1.807) is 60.5 Å². The topological polar surface area (TPSA) is 195 Å². The molecule has 0 spiro atoms. The Kier molecular flexibility index (Phi) is 10.9. The van der Waals surface area contributed by atoms with Crippen molar-refractivity contribution in [2.24, 2.45) is 28.2 Å². The summed E-state index contributed by atoms with van der Waals surface area (Å²) in [4.78, 5) is 72.8. The molecule has 5 amide bonds. The van der Waals surface area contributed by atoms with Gasteiger partial charge in [0.05, 0.1) is 32.0 Å². The number of hydrogen-bond acceptors (Lipinski definition) is 7. The average molecular weight is 650 g/mol. The quantitative estimate of drug-likeness (QED) is 0.0978. The van der Waals surface area contributed by atoms with Crippen LogP contribution in [0.4, 0.5) is 17.2 Å². The van der Waals surface area contributed by atoms with Crippen LogP contribution in [0.5, 0.6) is 0 Å². The van der Waals surface area contributed by atoms with E-state index < -0.39 is 17.7 Å². The summed E-state index contributed by atoms with van der Waals surface area (Å²) >= 11 is 0. The maximum absolute atomic E-state index is 13.1. The highest BCUT2D eigenvalue weighted by Gasteiger charge is 2.20. The average Bonchev–Trinajstić information content (AvgIpc) is 3.77. The summed E-state index contributed by atoms with van der Waals surface area (Å²) in [5.41, 5.74) is 1.29. The Bertz CT molecular complexity index is 1780. The smallest absolute Gasteiger partial charge is 0.292 e. The van der Waals surface area contributed by atoms with Crippen molar-refractivity contribution in [2.75, 3.05) is 49.7 Å². The summed E-state index contributed by atoms with van der Waals surface area (Å²) in [5.74, 6) is -1.60. The number of amides is 5. The molecule has 47 heavy (non-hydrogen) atoms. The lowest BCUT2D eigenvalue weighted by molar-refractivity contribution is -0.858. The summed E-state index contributed by atoms with van der Waals surface area (Å²) in [6.45, 7) is 1.72. The SMILES string of the molecule is Cn1cc(NC(=O)c2cc(NC(=O)c3nc(NC(=O)c4nccn4C)cn3C)cn2C)cc1C(=O)NCCC(=O)NCCC[NH+](C)C. The molecule has 0 aromatic carbocycles. The van der Waals surface area contributed by atoms with Gasteiger partial charge in [-0.05, 0) is 12.1 Å². The lowest BCUT2D eigenvalue weighted by atomic mass is 10.3. The molecule has 4 aromatic rings. The molecule has 4 rings (SSSR count). The third-order valence-corrected chi connectivity index (χ3v) is 7.15. The number of carbonyl (C=O) groups is 5. The van der Waals surface area contributed by atoms with Gasteiger partial charge in [0.15, 0.2) is 11.6 Å². The van der Waals surface area contributed by atoms with Crippen LogP contribution in [0.3, 0.4) is 0 Å². The summed E-state index contributed by atoms with van der Waals surface area (Å²) in [7, 11) is 10.7. The van der Waals surface area contributed by atoms with Crippen LogP contribution in [0.25, 0.3) is 0 Å². The Morgan fingerprint density at radius 1 is 0.702 bits per heavy atom. The van der Waals surface area contributed by atoms with Gasteiger partial charge >= 0.3 is 0 Å². The van der Waals surface area contributed by atoms with Crippen LogP contribution in [0, 0.1) is 0 Å². The molecule has 4 aromatic heterocycles. The fraction of sp³-hybridized carbons (Fsp3) is 0.367. The van der Waals surface area contributed by atoms with Gasteiger partial charge in [-0.3, -0.25) is 24.0 Å². The molecule has 0 fully saturated rings. The molecule has 0 atom stereocenters. The van der Waals surface area contributed by atoms with E-state index in [1.165, 1.54) is 34.0 Å². The van der Waals surface area contributed by atoms with Gasteiger partial charge in [0.2, 0.25) is 11.7 Å². The molecule has 0 saturated heterocycles. The van der Waals surface area contributed by atoms with E-state index in [4.69, 9.17) is 0 Å². The van der Waals surface area contributed by atoms with Crippen molar-refractivity contribution >= 4 is 46.7 Å². The zero-order chi connectivity index (χ0) is 34.2. The summed E-state index contributed by atoms with van der Waals surface area (Å²) in [6, 6.07) is 3.04. The first-order chi connectivity index (χ1) is 22.3. The summed E-state index contributed by atoms with van der Waals surface area (Å²) in [6.07, 6.45) is 8.84. The highest BCUT2D eigenvalue weighted by atomic mass is 16.2. The summed E-state index contributed by atoms with van der Waals surface area (Å²) < 4.78 is 6.14. The number of aromatic nitrogens is 6. The number of anilines is 3. The number of aryl methyl sites for hydroxylation is 4. The number of rotatable bonds is 14. The van der Waals surface area contributed by atoms with E-state index in [0.29, 0.717) is 23.6 Å². The molecular formula is C30H41N12O5+. The minimum Gasteiger partial charge on any atom is -0.356 e. The lowest BCUT2D eigenvalue weighted by Crippen LogP contribution is -3.05. The Balaban J connectivity index is 1.30. The van der Waals surface area contributed by atoms with Crippen LogP contribution in [0.15, 0.2) is 43.1 Å². The minimum atomic E-state index is -0.552. The van der Waals surface area contributed by atoms with Crippen LogP contribution in [-0.4, -0.2) is 91.5 Å². The highest BCUT2D eigenvalue weighted by molar-refractivity contribution is 6.07. The van der Waals surface area contributed by atoms with E-state index in [0.717, 1.165) is 13.0 Å². The van der Waals surface area contributed by atoms with E-state index in [2.05, 4.69) is 50.6 Å². The van der Waals surface area contributed by atoms with Gasteiger partial charge in [0, 0.05) is 85.1 Å². The third kappa shape index (κ3) is 8.94. The molecule has 4 heterocycles. The van der Waals surface area contributed by atoms with Crippen molar-refractivity contribution in [3.05, 3.63) is 66.2 Å². The number of quaternary nitrogens is 1. The standard InChI is InChI=1S/C30H40N12O5/c1-38(2)12-7-9-31-24(43)8-10-33-27(44)21-14-19(16-40(21)4)34-28(45)22-15-20(17-41(22)5)35-30(47)26-36-23(18-42(26)6)37-29(46)25-32-11-13-39(25)3/h11,13-18H,7-10,12H2,1-6H3,(H,31,43)(H,33,44)(H,34,45)(H,35,47)(H,37,46)/p+1. The monoisotopic (exact) mass is 649 g/mol. The maximum atomic E-state index is 13.1. The molecule has 0 aliphatic rings. The highest BCUT2D eigenvalue weighted by Crippen LogP contribution is 2.19. The number of imidazole rings is 2. The zero-order valence-electron chi connectivity index (χ0n) is 27.3. The van der Waals surface area contributed by atoms with Crippen molar-refractivity contribution in [1.82, 2.24) is 38.9 Å². The normalized spacial score (nSPS) is 11.0. The summed E-state index contributed by atoms with van der Waals surface area (Å²) in [5, 5.41) is 13.7. The first-order valence-electron chi connectivity index (χ1n) is 14.9. The van der Waals surface area contributed by atoms with Crippen LogP contribution in [0.1, 0.15) is 55.1 Å². The molecule has 0 aliphatic carbocycles. The molecular weight excluding hydrogens is 608 g/mol. The van der Waals surface area contributed by atoms with Gasteiger partial charge in [-0.2, -0.15) is 0 Å². The van der Waals surface area contributed by atoms with E-state index in [-0.39, 0.29) is 47.9 Å². The molecule has 0 radical (unpaired) electrons. The first-order valence-corrected chi connectivity index (χ1v) is 14.9. The van der Waals surface area contributed by atoms with Crippen LogP contribution in [-0.2, 0) is 33.0 Å². The molecule has 250 valence electrons. The fourth-order valence-corrected chi connectivity index (χ4v) is 4.73. The van der Waals surface area contributed by atoms with Gasteiger partial charge in [0.1, 0.15) is 11.4 Å². The van der Waals surface area contributed by atoms with Crippen molar-refractivity contribution < 1.29 is 28.9 Å². The second kappa shape index (κ2) is 15.0. The van der Waals surface area contributed by atoms with Gasteiger partial charge in [-0.25, -0.2) is 9.97 Å². The van der Waals surface area contributed by atoms with E-state index in [9.17, 15) is 24.0 Å². The second-order valence-corrected chi connectivity index (χ2v) is 11.4. The van der Waals surface area contributed by atoms with Gasteiger partial charge in [-0.15, -0.1) is 0 Å². The Hall–Kier alpha value is -5.71. The third-order valence-electron chi connectivity index (χ3n) is 7.15. The molecule has 17 nitrogen and oxygen atoms in total. The predicted octanol–water partition coefficient (Wildman–Crippen LogP) is -0.642. The molecule has 0 unspecified atom stereocenters. The Labute approximate surface area is 271 Å². The predicted molar refractivity (Wildman–Crippen MR) is 173 cm³/mol. The maximum Gasteiger partial charge on any atom is 0.292 e. The number of nitrogens with zero attached hydrogens (tertiary/aromatic N) is 6. The molecule has 0 saturated carbocycles. The van der Waals surface area contributed by atoms with Crippen molar-refractivity contribution in [1.29, 1.82) is 0 Å². The molecule has 17 heteroatoms. The molecule has 6 N–H and O–H groups in total. The van der Waals surface area contributed by atoms with Gasteiger partial charge in [-0.1, -0.05) is 0 Å². The zero-order valence-corrected chi connectivity index (χ0v) is 27.3. The molecule has 0 bridgehead atoms. The van der Waals surface area contributed by atoms with Gasteiger partial charge in [0.25, 0.3) is 23.6 Å². The van der Waals surface area contributed by atoms with Gasteiger partial charge < -0.3 is 49.8 Å². The number of carbonyl (C=O) groups excluding carboxylic acids is 5. The van der Waals surface area contributed by atoms with Crippen LogP contribution in [0.2, 0.25) is 0 Å². The van der Waals surface area contributed by atoms with Crippen molar-refractivity contribution in [3.8, 4) is 0 Å². The largest absolute Gasteiger partial charge is 0.356 e. The van der Waals surface area contributed by atoms with Crippen molar-refractivity contribution in [2.45, 2.75) is 12.8 Å².